The van der Waals surface area contributed by atoms with Gasteiger partial charge in [-0.3, -0.25) is 4.90 Å². The van der Waals surface area contributed by atoms with Crippen LogP contribution in [-0.4, -0.2) is 46.3 Å². The Kier molecular flexibility index (Phi) is 3.71. The predicted octanol–water partition coefficient (Wildman–Crippen LogP) is 2.00. The van der Waals surface area contributed by atoms with Crippen molar-refractivity contribution in [3.63, 3.8) is 0 Å². The van der Waals surface area contributed by atoms with Crippen molar-refractivity contribution in [3.8, 4) is 0 Å². The van der Waals surface area contributed by atoms with E-state index in [4.69, 9.17) is 9.26 Å². The lowest BCUT2D eigenvalue weighted by Crippen LogP contribution is -2.33. The minimum atomic E-state index is 0.225. The largest absolute Gasteiger partial charge is 0.380 e. The predicted molar refractivity (Wildman–Crippen MR) is 81.7 cm³/mol. The van der Waals surface area contributed by atoms with Crippen LogP contribution < -0.4 is 0 Å². The van der Waals surface area contributed by atoms with E-state index in [2.05, 4.69) is 25.4 Å². The number of aromatic nitrogens is 3. The Morgan fingerprint density at radius 1 is 1.27 bits per heavy atom. The lowest BCUT2D eigenvalue weighted by molar-refractivity contribution is 0.00991. The summed E-state index contributed by atoms with van der Waals surface area (Å²) in [5.74, 6) is 2.74. The van der Waals surface area contributed by atoms with Gasteiger partial charge in [-0.15, -0.1) is 11.3 Å². The van der Waals surface area contributed by atoms with Crippen LogP contribution in [0.4, 0.5) is 0 Å². The average Bonchev–Trinajstić information content (AvgIpc) is 3.18. The standard InChI is InChI=1S/C15H20N4O2S/c1-9-8-22-14(16-9)5-19-3-11-6-20-7-13(12(11)4-19)15-17-10(2)18-21-15/h8,11-13H,3-7H2,1-2H3/t11-,12-,13+/m0/s1. The van der Waals surface area contributed by atoms with Gasteiger partial charge in [0.05, 0.1) is 25.7 Å². The van der Waals surface area contributed by atoms with Crippen molar-refractivity contribution in [2.45, 2.75) is 26.3 Å². The summed E-state index contributed by atoms with van der Waals surface area (Å²) in [7, 11) is 0. The van der Waals surface area contributed by atoms with Crippen LogP contribution in [0.15, 0.2) is 9.90 Å². The number of likely N-dealkylation sites (tertiary alicyclic amines) is 1. The molecular formula is C15H20N4O2S. The van der Waals surface area contributed by atoms with Crippen molar-refractivity contribution >= 4 is 11.3 Å². The molecule has 2 aromatic rings. The molecule has 4 heterocycles. The molecule has 2 aliphatic rings. The Morgan fingerprint density at radius 3 is 2.91 bits per heavy atom. The van der Waals surface area contributed by atoms with E-state index >= 15 is 0 Å². The number of rotatable bonds is 3. The second kappa shape index (κ2) is 5.72. The summed E-state index contributed by atoms with van der Waals surface area (Å²) in [6, 6.07) is 0. The highest BCUT2D eigenvalue weighted by Crippen LogP contribution is 2.39. The molecule has 0 saturated carbocycles. The summed E-state index contributed by atoms with van der Waals surface area (Å²) in [5, 5.41) is 7.25. The third-order valence-corrected chi connectivity index (χ3v) is 5.55. The normalized spacial score (nSPS) is 28.9. The molecule has 7 heteroatoms. The van der Waals surface area contributed by atoms with E-state index < -0.39 is 0 Å². The zero-order valence-electron chi connectivity index (χ0n) is 12.9. The van der Waals surface area contributed by atoms with Crippen LogP contribution in [0.5, 0.6) is 0 Å². The highest BCUT2D eigenvalue weighted by atomic mass is 32.1. The van der Waals surface area contributed by atoms with Gasteiger partial charge in [0.25, 0.3) is 0 Å². The van der Waals surface area contributed by atoms with E-state index in [0.29, 0.717) is 24.3 Å². The van der Waals surface area contributed by atoms with Gasteiger partial charge in [-0.1, -0.05) is 5.16 Å². The Balaban J connectivity index is 1.48. The Labute approximate surface area is 133 Å². The first-order chi connectivity index (χ1) is 10.7. The molecule has 2 aliphatic heterocycles. The molecule has 6 nitrogen and oxygen atoms in total. The van der Waals surface area contributed by atoms with Gasteiger partial charge in [-0.05, 0) is 25.7 Å². The molecular weight excluding hydrogens is 300 g/mol. The molecule has 0 amide bonds. The first-order valence-electron chi connectivity index (χ1n) is 7.70. The second-order valence-electron chi connectivity index (χ2n) is 6.32. The summed E-state index contributed by atoms with van der Waals surface area (Å²) < 4.78 is 11.2. The van der Waals surface area contributed by atoms with E-state index in [1.165, 1.54) is 5.01 Å². The molecule has 22 heavy (non-hydrogen) atoms. The fraction of sp³-hybridized carbons (Fsp3) is 0.667. The van der Waals surface area contributed by atoms with E-state index in [-0.39, 0.29) is 5.92 Å². The molecule has 3 atom stereocenters. The van der Waals surface area contributed by atoms with Crippen LogP contribution in [0.2, 0.25) is 0 Å². The van der Waals surface area contributed by atoms with E-state index in [1.807, 2.05) is 13.8 Å². The summed E-state index contributed by atoms with van der Waals surface area (Å²) in [4.78, 5) is 11.5. The topological polar surface area (TPSA) is 64.3 Å². The fourth-order valence-electron chi connectivity index (χ4n) is 3.60. The molecule has 0 bridgehead atoms. The van der Waals surface area contributed by atoms with Gasteiger partial charge in [-0.25, -0.2) is 4.98 Å². The van der Waals surface area contributed by atoms with Crippen LogP contribution in [0, 0.1) is 25.7 Å². The summed E-state index contributed by atoms with van der Waals surface area (Å²) in [6.07, 6.45) is 0. The van der Waals surface area contributed by atoms with Gasteiger partial charge in [0, 0.05) is 24.2 Å². The smallest absolute Gasteiger partial charge is 0.232 e. The van der Waals surface area contributed by atoms with E-state index in [0.717, 1.165) is 37.8 Å². The number of nitrogens with zero attached hydrogens (tertiary/aromatic N) is 4. The first kappa shape index (κ1) is 14.3. The van der Waals surface area contributed by atoms with Crippen LogP contribution in [-0.2, 0) is 11.3 Å². The number of ether oxygens (including phenoxy) is 1. The van der Waals surface area contributed by atoms with Crippen LogP contribution in [0.3, 0.4) is 0 Å². The van der Waals surface area contributed by atoms with E-state index in [9.17, 15) is 0 Å². The fourth-order valence-corrected chi connectivity index (χ4v) is 4.42. The molecule has 2 fully saturated rings. The molecule has 0 radical (unpaired) electrons. The molecule has 0 unspecified atom stereocenters. The molecule has 0 spiro atoms. The SMILES string of the molecule is Cc1csc(CN2C[C@H]3COC[C@@H](c4nc(C)no4)[C@H]3C2)n1. The van der Waals surface area contributed by atoms with Crippen molar-refractivity contribution in [2.24, 2.45) is 11.8 Å². The number of fused-ring (bicyclic) bond motifs is 1. The molecule has 2 saturated heterocycles. The molecule has 2 aromatic heterocycles. The van der Waals surface area contributed by atoms with Gasteiger partial charge in [0.15, 0.2) is 5.82 Å². The van der Waals surface area contributed by atoms with Gasteiger partial charge < -0.3 is 9.26 Å². The minimum absolute atomic E-state index is 0.225. The van der Waals surface area contributed by atoms with Gasteiger partial charge in [0.1, 0.15) is 5.01 Å². The second-order valence-corrected chi connectivity index (χ2v) is 7.27. The zero-order chi connectivity index (χ0) is 15.1. The van der Waals surface area contributed by atoms with Crippen molar-refractivity contribution in [1.82, 2.24) is 20.0 Å². The van der Waals surface area contributed by atoms with Crippen LogP contribution >= 0.6 is 11.3 Å². The van der Waals surface area contributed by atoms with Crippen molar-refractivity contribution in [1.29, 1.82) is 0 Å². The highest BCUT2D eigenvalue weighted by molar-refractivity contribution is 7.09. The average molecular weight is 320 g/mol. The quantitative estimate of drug-likeness (QED) is 0.862. The molecule has 0 aromatic carbocycles. The maximum absolute atomic E-state index is 5.79. The van der Waals surface area contributed by atoms with Crippen LogP contribution in [0.1, 0.15) is 28.3 Å². The summed E-state index contributed by atoms with van der Waals surface area (Å²) in [5.41, 5.74) is 1.11. The third kappa shape index (κ3) is 2.68. The van der Waals surface area contributed by atoms with Gasteiger partial charge >= 0.3 is 0 Å². The number of hydrogen-bond acceptors (Lipinski definition) is 7. The molecule has 118 valence electrons. The van der Waals surface area contributed by atoms with E-state index in [1.54, 1.807) is 11.3 Å². The third-order valence-electron chi connectivity index (χ3n) is 4.60. The van der Waals surface area contributed by atoms with Gasteiger partial charge in [0.2, 0.25) is 5.89 Å². The minimum Gasteiger partial charge on any atom is -0.380 e. The number of thiazole rings is 1. The van der Waals surface area contributed by atoms with Crippen molar-refractivity contribution in [2.75, 3.05) is 26.3 Å². The lowest BCUT2D eigenvalue weighted by Gasteiger charge is -2.30. The summed E-state index contributed by atoms with van der Waals surface area (Å²) >= 11 is 1.75. The van der Waals surface area contributed by atoms with Gasteiger partial charge in [-0.2, -0.15) is 4.98 Å². The number of aryl methyl sites for hydroxylation is 2. The monoisotopic (exact) mass is 320 g/mol. The van der Waals surface area contributed by atoms with Crippen LogP contribution in [0.25, 0.3) is 0 Å². The zero-order valence-corrected chi connectivity index (χ0v) is 13.7. The molecule has 4 rings (SSSR count). The van der Waals surface area contributed by atoms with Crippen molar-refractivity contribution < 1.29 is 9.26 Å². The molecule has 0 aliphatic carbocycles. The number of hydrogen-bond donors (Lipinski definition) is 0. The Hall–Kier alpha value is -1.31. The maximum Gasteiger partial charge on any atom is 0.232 e. The van der Waals surface area contributed by atoms with Crippen molar-refractivity contribution in [3.05, 3.63) is 27.8 Å². The maximum atomic E-state index is 5.79. The highest BCUT2D eigenvalue weighted by Gasteiger charge is 2.43. The Morgan fingerprint density at radius 2 is 2.18 bits per heavy atom. The Bertz CT molecular complexity index is 656. The summed E-state index contributed by atoms with van der Waals surface area (Å²) in [6.45, 7) is 8.48. The lowest BCUT2D eigenvalue weighted by atomic mass is 9.83. The molecule has 0 N–H and O–H groups in total. The first-order valence-corrected chi connectivity index (χ1v) is 8.58.